The SMILES string of the molecule is C=C(/C=C\C(=C/C)C(=O)NC)CN=O. The zero-order valence-corrected chi connectivity index (χ0v) is 8.41. The Balaban J connectivity index is 4.40. The number of hydrogen-bond acceptors (Lipinski definition) is 3. The van der Waals surface area contributed by atoms with Gasteiger partial charge in [0, 0.05) is 12.6 Å². The molecule has 0 aromatic heterocycles. The molecule has 0 unspecified atom stereocenters. The van der Waals surface area contributed by atoms with Crippen molar-refractivity contribution in [2.45, 2.75) is 6.92 Å². The molecule has 1 N–H and O–H groups in total. The van der Waals surface area contributed by atoms with Crippen molar-refractivity contribution in [3.63, 3.8) is 0 Å². The van der Waals surface area contributed by atoms with Gasteiger partial charge in [0.1, 0.15) is 6.54 Å². The molecule has 0 saturated carbocycles. The summed E-state index contributed by atoms with van der Waals surface area (Å²) in [5.41, 5.74) is 1.10. The zero-order chi connectivity index (χ0) is 11.0. The molecule has 4 nitrogen and oxygen atoms in total. The van der Waals surface area contributed by atoms with Crippen molar-refractivity contribution in [2.24, 2.45) is 5.18 Å². The van der Waals surface area contributed by atoms with E-state index in [1.165, 1.54) is 0 Å². The van der Waals surface area contributed by atoms with E-state index in [4.69, 9.17) is 0 Å². The molecule has 0 spiro atoms. The summed E-state index contributed by atoms with van der Waals surface area (Å²) >= 11 is 0. The van der Waals surface area contributed by atoms with Gasteiger partial charge in [0.05, 0.1) is 0 Å². The number of allylic oxidation sites excluding steroid dienone is 1. The van der Waals surface area contributed by atoms with Gasteiger partial charge in [0.25, 0.3) is 5.91 Å². The fraction of sp³-hybridized carbons (Fsp3) is 0.300. The van der Waals surface area contributed by atoms with E-state index in [1.54, 1.807) is 32.2 Å². The molecule has 1 amide bonds. The van der Waals surface area contributed by atoms with E-state index in [0.717, 1.165) is 0 Å². The van der Waals surface area contributed by atoms with Gasteiger partial charge in [-0.15, -0.1) is 0 Å². The van der Waals surface area contributed by atoms with Gasteiger partial charge in [0.2, 0.25) is 0 Å². The quantitative estimate of drug-likeness (QED) is 0.410. The van der Waals surface area contributed by atoms with E-state index in [9.17, 15) is 9.70 Å². The highest BCUT2D eigenvalue weighted by Gasteiger charge is 2.00. The predicted octanol–water partition coefficient (Wildman–Crippen LogP) is 1.56. The van der Waals surface area contributed by atoms with Crippen LogP contribution in [0.5, 0.6) is 0 Å². The number of amides is 1. The van der Waals surface area contributed by atoms with Gasteiger partial charge in [0.15, 0.2) is 0 Å². The zero-order valence-electron chi connectivity index (χ0n) is 8.41. The van der Waals surface area contributed by atoms with Crippen LogP contribution in [0.1, 0.15) is 6.92 Å². The van der Waals surface area contributed by atoms with E-state index >= 15 is 0 Å². The molecular formula is C10H14N2O2. The molecule has 0 radical (unpaired) electrons. The number of nitroso groups, excluding NO2 is 1. The van der Waals surface area contributed by atoms with Gasteiger partial charge >= 0.3 is 0 Å². The van der Waals surface area contributed by atoms with Crippen LogP contribution in [0, 0.1) is 4.91 Å². The minimum Gasteiger partial charge on any atom is -0.355 e. The lowest BCUT2D eigenvalue weighted by Crippen LogP contribution is -2.18. The van der Waals surface area contributed by atoms with Gasteiger partial charge in [-0.1, -0.05) is 23.9 Å². The third-order valence-electron chi connectivity index (χ3n) is 1.57. The average Bonchev–Trinajstić information content (AvgIpc) is 2.18. The second kappa shape index (κ2) is 6.77. The van der Waals surface area contributed by atoms with Crippen LogP contribution in [0.4, 0.5) is 0 Å². The fourth-order valence-corrected chi connectivity index (χ4v) is 0.791. The third kappa shape index (κ3) is 4.35. The number of likely N-dealkylation sites (N-methyl/N-ethyl adjacent to an activating group) is 1. The summed E-state index contributed by atoms with van der Waals surface area (Å²) in [7, 11) is 1.56. The largest absolute Gasteiger partial charge is 0.355 e. The molecule has 0 fully saturated rings. The van der Waals surface area contributed by atoms with E-state index in [1.807, 2.05) is 0 Å². The minimum absolute atomic E-state index is 0.0429. The number of hydrogen-bond donors (Lipinski definition) is 1. The standard InChI is InChI=1S/C10H14N2O2/c1-4-9(10(13)11-3)6-5-8(2)7-12-14/h4-6H,2,7H2,1,3H3,(H,11,13)/b6-5-,9-4+. The number of carbonyl (C=O) groups is 1. The molecule has 0 aromatic carbocycles. The van der Waals surface area contributed by atoms with Crippen molar-refractivity contribution in [1.82, 2.24) is 5.32 Å². The third-order valence-corrected chi connectivity index (χ3v) is 1.57. The molecule has 0 aliphatic carbocycles. The van der Waals surface area contributed by atoms with Gasteiger partial charge in [-0.25, -0.2) is 0 Å². The smallest absolute Gasteiger partial charge is 0.250 e. The van der Waals surface area contributed by atoms with Crippen LogP contribution in [0.2, 0.25) is 0 Å². The molecule has 0 aliphatic rings. The topological polar surface area (TPSA) is 58.5 Å². The maximum absolute atomic E-state index is 11.2. The molecule has 0 atom stereocenters. The van der Waals surface area contributed by atoms with Crippen molar-refractivity contribution in [2.75, 3.05) is 13.6 Å². The second-order valence-electron chi connectivity index (χ2n) is 2.60. The van der Waals surface area contributed by atoms with Crippen LogP contribution < -0.4 is 5.32 Å². The van der Waals surface area contributed by atoms with Crippen molar-refractivity contribution >= 4 is 5.91 Å². The Labute approximate surface area is 83.4 Å². The van der Waals surface area contributed by atoms with Crippen LogP contribution in [-0.4, -0.2) is 19.5 Å². The summed E-state index contributed by atoms with van der Waals surface area (Å²) in [5.74, 6) is -0.171. The summed E-state index contributed by atoms with van der Waals surface area (Å²) in [6, 6.07) is 0. The summed E-state index contributed by atoms with van der Waals surface area (Å²) in [6.07, 6.45) is 4.88. The first-order valence-corrected chi connectivity index (χ1v) is 4.19. The molecule has 76 valence electrons. The molecule has 14 heavy (non-hydrogen) atoms. The van der Waals surface area contributed by atoms with Crippen molar-refractivity contribution in [1.29, 1.82) is 0 Å². The Bertz CT molecular complexity index is 290. The molecular weight excluding hydrogens is 180 g/mol. The highest BCUT2D eigenvalue weighted by atomic mass is 16.3. The highest BCUT2D eigenvalue weighted by Crippen LogP contribution is 2.01. The Morgan fingerprint density at radius 1 is 1.50 bits per heavy atom. The molecule has 0 rings (SSSR count). The predicted molar refractivity (Wildman–Crippen MR) is 56.8 cm³/mol. The lowest BCUT2D eigenvalue weighted by molar-refractivity contribution is -0.116. The maximum atomic E-state index is 11.2. The van der Waals surface area contributed by atoms with Crippen LogP contribution in [0.25, 0.3) is 0 Å². The number of nitrogens with zero attached hydrogens (tertiary/aromatic N) is 1. The van der Waals surface area contributed by atoms with Crippen LogP contribution in [0.15, 0.2) is 41.1 Å². The lowest BCUT2D eigenvalue weighted by atomic mass is 10.2. The van der Waals surface area contributed by atoms with Crippen LogP contribution in [0.3, 0.4) is 0 Å². The number of carbonyl (C=O) groups excluding carboxylic acids is 1. The number of nitrogens with one attached hydrogen (secondary N) is 1. The van der Waals surface area contributed by atoms with Gasteiger partial charge in [-0.05, 0) is 18.6 Å². The average molecular weight is 194 g/mol. The van der Waals surface area contributed by atoms with Gasteiger partial charge in [-0.3, -0.25) is 4.79 Å². The first kappa shape index (κ1) is 12.3. The van der Waals surface area contributed by atoms with Crippen LogP contribution in [-0.2, 0) is 4.79 Å². The van der Waals surface area contributed by atoms with E-state index in [-0.39, 0.29) is 12.5 Å². The van der Waals surface area contributed by atoms with E-state index in [2.05, 4.69) is 17.1 Å². The summed E-state index contributed by atoms with van der Waals surface area (Å²) < 4.78 is 0. The van der Waals surface area contributed by atoms with Crippen molar-refractivity contribution in [3.8, 4) is 0 Å². The first-order valence-electron chi connectivity index (χ1n) is 4.19. The van der Waals surface area contributed by atoms with E-state index in [0.29, 0.717) is 11.1 Å². The highest BCUT2D eigenvalue weighted by molar-refractivity contribution is 5.95. The summed E-state index contributed by atoms with van der Waals surface area (Å²) in [4.78, 5) is 21.0. The normalized spacial score (nSPS) is 11.4. The second-order valence-corrected chi connectivity index (χ2v) is 2.60. The Hall–Kier alpha value is -1.71. The Morgan fingerprint density at radius 3 is 2.57 bits per heavy atom. The van der Waals surface area contributed by atoms with Gasteiger partial charge in [-0.2, -0.15) is 4.91 Å². The van der Waals surface area contributed by atoms with Crippen LogP contribution >= 0.6 is 0 Å². The molecule has 0 saturated heterocycles. The summed E-state index contributed by atoms with van der Waals surface area (Å²) in [5, 5.41) is 5.18. The lowest BCUT2D eigenvalue weighted by Gasteiger charge is -1.98. The first-order chi connectivity index (χ1) is 6.65. The molecule has 0 bridgehead atoms. The Morgan fingerprint density at radius 2 is 2.14 bits per heavy atom. The summed E-state index contributed by atoms with van der Waals surface area (Å²) in [6.45, 7) is 5.40. The molecule has 4 heteroatoms. The van der Waals surface area contributed by atoms with Crippen molar-refractivity contribution in [3.05, 3.63) is 40.9 Å². The maximum Gasteiger partial charge on any atom is 0.250 e. The number of rotatable bonds is 5. The fourth-order valence-electron chi connectivity index (χ4n) is 0.791. The molecule has 0 heterocycles. The van der Waals surface area contributed by atoms with Gasteiger partial charge < -0.3 is 5.32 Å². The van der Waals surface area contributed by atoms with Crippen molar-refractivity contribution < 1.29 is 4.79 Å². The molecule has 0 aliphatic heterocycles. The van der Waals surface area contributed by atoms with E-state index < -0.39 is 0 Å². The Kier molecular flexibility index (Phi) is 5.94. The molecule has 0 aromatic rings. The minimum atomic E-state index is -0.171. The monoisotopic (exact) mass is 194 g/mol.